The van der Waals surface area contributed by atoms with Crippen LogP contribution in [-0.4, -0.2) is 37.0 Å². The zero-order chi connectivity index (χ0) is 17.4. The van der Waals surface area contributed by atoms with E-state index in [9.17, 15) is 4.79 Å². The van der Waals surface area contributed by atoms with Crippen LogP contribution in [0.3, 0.4) is 0 Å². The molecule has 1 saturated heterocycles. The van der Waals surface area contributed by atoms with Gasteiger partial charge >= 0.3 is 0 Å². The standard InChI is InChI=1S/C19H31N3O2/c1-4-6-11-22(12-7-5-2)19(23)18-14-17(20-21-18)15-9-8-10-16(13-15)24-3/h8-10,13,17-18,20-21H,4-7,11-12,14H2,1-3H3. The van der Waals surface area contributed by atoms with Gasteiger partial charge in [-0.2, -0.15) is 0 Å². The van der Waals surface area contributed by atoms with Crippen molar-refractivity contribution in [1.82, 2.24) is 15.8 Å². The van der Waals surface area contributed by atoms with Crippen molar-refractivity contribution in [1.29, 1.82) is 0 Å². The topological polar surface area (TPSA) is 53.6 Å². The van der Waals surface area contributed by atoms with Gasteiger partial charge in [-0.25, -0.2) is 10.9 Å². The molecule has 0 saturated carbocycles. The summed E-state index contributed by atoms with van der Waals surface area (Å²) >= 11 is 0. The zero-order valence-corrected chi connectivity index (χ0v) is 15.2. The van der Waals surface area contributed by atoms with E-state index in [0.717, 1.165) is 56.5 Å². The summed E-state index contributed by atoms with van der Waals surface area (Å²) in [7, 11) is 1.67. The van der Waals surface area contributed by atoms with Crippen LogP contribution >= 0.6 is 0 Å². The van der Waals surface area contributed by atoms with Crippen LogP contribution < -0.4 is 15.6 Å². The molecule has 0 radical (unpaired) electrons. The van der Waals surface area contributed by atoms with Gasteiger partial charge in [-0.05, 0) is 37.0 Å². The fraction of sp³-hybridized carbons (Fsp3) is 0.632. The van der Waals surface area contributed by atoms with Gasteiger partial charge in [0.2, 0.25) is 5.91 Å². The number of unbranched alkanes of at least 4 members (excludes halogenated alkanes) is 2. The number of hydrogen-bond acceptors (Lipinski definition) is 4. The first kappa shape index (κ1) is 18.7. The van der Waals surface area contributed by atoms with E-state index in [0.29, 0.717) is 0 Å². The molecule has 2 atom stereocenters. The predicted octanol–water partition coefficient (Wildman–Crippen LogP) is 3.03. The molecule has 1 fully saturated rings. The van der Waals surface area contributed by atoms with Crippen molar-refractivity contribution < 1.29 is 9.53 Å². The fourth-order valence-electron chi connectivity index (χ4n) is 3.05. The molecule has 1 aromatic rings. The minimum absolute atomic E-state index is 0.133. The number of nitrogens with zero attached hydrogens (tertiary/aromatic N) is 1. The maximum absolute atomic E-state index is 12.9. The van der Waals surface area contributed by atoms with Crippen LogP contribution in [0.1, 0.15) is 57.6 Å². The summed E-state index contributed by atoms with van der Waals surface area (Å²) in [5, 5.41) is 0. The maximum atomic E-state index is 12.9. The summed E-state index contributed by atoms with van der Waals surface area (Å²) in [5.41, 5.74) is 7.61. The van der Waals surface area contributed by atoms with Crippen LogP contribution in [0.15, 0.2) is 24.3 Å². The number of benzene rings is 1. The summed E-state index contributed by atoms with van der Waals surface area (Å²) in [5.74, 6) is 1.06. The second-order valence-electron chi connectivity index (χ2n) is 6.44. The number of carbonyl (C=O) groups excluding carboxylic acids is 1. The molecule has 0 bridgehead atoms. The summed E-state index contributed by atoms with van der Waals surface area (Å²) in [6, 6.07) is 7.99. The Morgan fingerprint density at radius 2 is 1.92 bits per heavy atom. The Bertz CT molecular complexity index is 513. The van der Waals surface area contributed by atoms with Gasteiger partial charge in [0.25, 0.3) is 0 Å². The minimum atomic E-state index is -0.157. The van der Waals surface area contributed by atoms with Crippen LogP contribution in [0.25, 0.3) is 0 Å². The lowest BCUT2D eigenvalue weighted by molar-refractivity contribution is -0.133. The van der Waals surface area contributed by atoms with Gasteiger partial charge in [0, 0.05) is 19.1 Å². The zero-order valence-electron chi connectivity index (χ0n) is 15.2. The van der Waals surface area contributed by atoms with Crippen LogP contribution in [-0.2, 0) is 4.79 Å². The maximum Gasteiger partial charge on any atom is 0.241 e. The molecule has 1 aliphatic heterocycles. The molecular weight excluding hydrogens is 302 g/mol. The number of ether oxygens (including phenoxy) is 1. The third-order valence-corrected chi connectivity index (χ3v) is 4.57. The quantitative estimate of drug-likeness (QED) is 0.729. The van der Waals surface area contributed by atoms with E-state index in [4.69, 9.17) is 4.74 Å². The minimum Gasteiger partial charge on any atom is -0.497 e. The SMILES string of the molecule is CCCCN(CCCC)C(=O)C1CC(c2cccc(OC)c2)NN1. The Balaban J connectivity index is 1.97. The van der Waals surface area contributed by atoms with Crippen molar-refractivity contribution in [2.45, 2.75) is 58.0 Å². The lowest BCUT2D eigenvalue weighted by atomic mass is 10.0. The second kappa shape index (κ2) is 9.64. The van der Waals surface area contributed by atoms with Gasteiger partial charge in [0.1, 0.15) is 11.8 Å². The molecule has 5 nitrogen and oxygen atoms in total. The summed E-state index contributed by atoms with van der Waals surface area (Å²) in [4.78, 5) is 14.9. The highest BCUT2D eigenvalue weighted by atomic mass is 16.5. The molecule has 0 aliphatic carbocycles. The molecule has 1 aromatic carbocycles. The lowest BCUT2D eigenvalue weighted by Crippen LogP contribution is -2.46. The predicted molar refractivity (Wildman–Crippen MR) is 96.8 cm³/mol. The van der Waals surface area contributed by atoms with Gasteiger partial charge in [-0.15, -0.1) is 0 Å². The highest BCUT2D eigenvalue weighted by molar-refractivity contribution is 5.82. The number of carbonyl (C=O) groups is 1. The van der Waals surface area contributed by atoms with E-state index in [1.807, 2.05) is 23.1 Å². The number of hydrazine groups is 1. The molecule has 134 valence electrons. The Kier molecular flexibility index (Phi) is 7.53. The molecule has 1 aliphatic rings. The van der Waals surface area contributed by atoms with E-state index in [1.54, 1.807) is 7.11 Å². The first-order valence-electron chi connectivity index (χ1n) is 9.13. The average Bonchev–Trinajstić information content (AvgIpc) is 3.11. The Morgan fingerprint density at radius 3 is 2.54 bits per heavy atom. The van der Waals surface area contributed by atoms with Crippen LogP contribution in [0.5, 0.6) is 5.75 Å². The fourth-order valence-corrected chi connectivity index (χ4v) is 3.05. The molecule has 2 rings (SSSR count). The molecule has 0 spiro atoms. The lowest BCUT2D eigenvalue weighted by Gasteiger charge is -2.25. The molecular formula is C19H31N3O2. The highest BCUT2D eigenvalue weighted by Gasteiger charge is 2.32. The van der Waals surface area contributed by atoms with Gasteiger partial charge in [0.05, 0.1) is 7.11 Å². The molecule has 0 aromatic heterocycles. The van der Waals surface area contributed by atoms with E-state index < -0.39 is 0 Å². The molecule has 1 heterocycles. The second-order valence-corrected chi connectivity index (χ2v) is 6.44. The highest BCUT2D eigenvalue weighted by Crippen LogP contribution is 2.26. The van der Waals surface area contributed by atoms with Crippen molar-refractivity contribution in [3.05, 3.63) is 29.8 Å². The normalized spacial score (nSPS) is 20.1. The van der Waals surface area contributed by atoms with Crippen molar-refractivity contribution in [3.8, 4) is 5.75 Å². The van der Waals surface area contributed by atoms with E-state index in [-0.39, 0.29) is 18.0 Å². The number of amides is 1. The Labute approximate surface area is 145 Å². The first-order chi connectivity index (χ1) is 11.7. The van der Waals surface area contributed by atoms with Crippen molar-refractivity contribution >= 4 is 5.91 Å². The molecule has 2 unspecified atom stereocenters. The van der Waals surface area contributed by atoms with E-state index in [2.05, 4.69) is 30.8 Å². The van der Waals surface area contributed by atoms with E-state index >= 15 is 0 Å². The van der Waals surface area contributed by atoms with Crippen molar-refractivity contribution in [2.24, 2.45) is 0 Å². The molecule has 24 heavy (non-hydrogen) atoms. The van der Waals surface area contributed by atoms with Gasteiger partial charge in [-0.1, -0.05) is 38.8 Å². The number of rotatable bonds is 9. The molecule has 1 amide bonds. The number of methoxy groups -OCH3 is 1. The summed E-state index contributed by atoms with van der Waals surface area (Å²) in [6.07, 6.45) is 5.11. The Hall–Kier alpha value is -1.59. The summed E-state index contributed by atoms with van der Waals surface area (Å²) in [6.45, 7) is 6.04. The smallest absolute Gasteiger partial charge is 0.241 e. The number of hydrogen-bond donors (Lipinski definition) is 2. The van der Waals surface area contributed by atoms with Crippen molar-refractivity contribution in [2.75, 3.05) is 20.2 Å². The summed E-state index contributed by atoms with van der Waals surface area (Å²) < 4.78 is 5.29. The molecule has 2 N–H and O–H groups in total. The monoisotopic (exact) mass is 333 g/mol. The molecule has 5 heteroatoms. The van der Waals surface area contributed by atoms with Crippen molar-refractivity contribution in [3.63, 3.8) is 0 Å². The van der Waals surface area contributed by atoms with Gasteiger partial charge in [0.15, 0.2) is 0 Å². The number of nitrogens with one attached hydrogen (secondary N) is 2. The van der Waals surface area contributed by atoms with E-state index in [1.165, 1.54) is 0 Å². The third kappa shape index (κ3) is 4.95. The average molecular weight is 333 g/mol. The third-order valence-electron chi connectivity index (χ3n) is 4.57. The van der Waals surface area contributed by atoms with Crippen LogP contribution in [0.2, 0.25) is 0 Å². The largest absolute Gasteiger partial charge is 0.497 e. The van der Waals surface area contributed by atoms with Crippen LogP contribution in [0, 0.1) is 0 Å². The first-order valence-corrected chi connectivity index (χ1v) is 9.13. The van der Waals surface area contributed by atoms with Crippen LogP contribution in [0.4, 0.5) is 0 Å². The van der Waals surface area contributed by atoms with Gasteiger partial charge in [-0.3, -0.25) is 4.79 Å². The van der Waals surface area contributed by atoms with Gasteiger partial charge < -0.3 is 9.64 Å². The Morgan fingerprint density at radius 1 is 1.21 bits per heavy atom.